The average molecular weight is 410 g/mol. The Kier molecular flexibility index (Phi) is 8.88. The molecule has 146 valence electrons. The van der Waals surface area contributed by atoms with Gasteiger partial charge in [0.2, 0.25) is 0 Å². The monoisotopic (exact) mass is 409 g/mol. The van der Waals surface area contributed by atoms with Crippen molar-refractivity contribution in [1.29, 1.82) is 0 Å². The van der Waals surface area contributed by atoms with Gasteiger partial charge >= 0.3 is 0 Å². The summed E-state index contributed by atoms with van der Waals surface area (Å²) in [5.74, 6) is 0.591. The lowest BCUT2D eigenvalue weighted by Crippen LogP contribution is -2.46. The number of rotatable bonds is 7. The van der Waals surface area contributed by atoms with Crippen molar-refractivity contribution in [2.24, 2.45) is 0 Å². The molecule has 0 bridgehead atoms. The maximum absolute atomic E-state index is 12.3. The zero-order chi connectivity index (χ0) is 18.2. The number of carbonyl (C=O) groups excluding carboxylic acids is 1. The minimum atomic E-state index is -0.0756. The van der Waals surface area contributed by atoms with E-state index in [9.17, 15) is 4.79 Å². The fourth-order valence-corrected chi connectivity index (χ4v) is 3.10. The predicted octanol–water partition coefficient (Wildman–Crippen LogP) is 2.98. The molecule has 1 aliphatic rings. The van der Waals surface area contributed by atoms with Gasteiger partial charge in [-0.15, -0.1) is 12.4 Å². The highest BCUT2D eigenvalue weighted by Crippen LogP contribution is 2.17. The van der Waals surface area contributed by atoms with Crippen LogP contribution in [0.2, 0.25) is 5.02 Å². The summed E-state index contributed by atoms with van der Waals surface area (Å²) in [4.78, 5) is 14.7. The summed E-state index contributed by atoms with van der Waals surface area (Å²) >= 11 is 5.98. The van der Waals surface area contributed by atoms with Gasteiger partial charge in [-0.1, -0.05) is 29.8 Å². The Bertz CT molecular complexity index is 737. The minimum absolute atomic E-state index is 0. The van der Waals surface area contributed by atoms with E-state index in [1.807, 2.05) is 36.4 Å². The van der Waals surface area contributed by atoms with Crippen molar-refractivity contribution in [3.63, 3.8) is 0 Å². The van der Waals surface area contributed by atoms with Gasteiger partial charge < -0.3 is 15.4 Å². The van der Waals surface area contributed by atoms with Gasteiger partial charge in [-0.25, -0.2) is 0 Å². The van der Waals surface area contributed by atoms with E-state index >= 15 is 0 Å². The van der Waals surface area contributed by atoms with Crippen LogP contribution < -0.4 is 15.4 Å². The molecule has 3 rings (SSSR count). The van der Waals surface area contributed by atoms with Crippen LogP contribution in [0, 0.1) is 0 Å². The molecule has 27 heavy (non-hydrogen) atoms. The standard InChI is InChI=1S/C20H24ClN3O2.ClH/c21-18-5-1-3-16(13-18)15-26-19-6-2-4-17(14-19)20(25)23-9-12-24-10-7-22-8-11-24;/h1-6,13-14,22H,7-12,15H2,(H,23,25);1H. The zero-order valence-electron chi connectivity index (χ0n) is 15.1. The van der Waals surface area contributed by atoms with Crippen molar-refractivity contribution in [3.8, 4) is 5.75 Å². The molecule has 2 N–H and O–H groups in total. The second-order valence-electron chi connectivity index (χ2n) is 6.29. The van der Waals surface area contributed by atoms with Crippen LogP contribution in [0.25, 0.3) is 0 Å². The minimum Gasteiger partial charge on any atom is -0.489 e. The summed E-state index contributed by atoms with van der Waals surface area (Å²) in [6, 6.07) is 14.8. The Morgan fingerprint density at radius 2 is 1.93 bits per heavy atom. The highest BCUT2D eigenvalue weighted by Gasteiger charge is 2.11. The average Bonchev–Trinajstić information content (AvgIpc) is 2.67. The first kappa shape index (κ1) is 21.5. The van der Waals surface area contributed by atoms with Crippen molar-refractivity contribution in [2.45, 2.75) is 6.61 Å². The van der Waals surface area contributed by atoms with E-state index < -0.39 is 0 Å². The number of hydrogen-bond donors (Lipinski definition) is 2. The fourth-order valence-electron chi connectivity index (χ4n) is 2.88. The molecule has 0 aromatic heterocycles. The van der Waals surface area contributed by atoms with Crippen LogP contribution in [0.1, 0.15) is 15.9 Å². The number of nitrogens with one attached hydrogen (secondary N) is 2. The second kappa shape index (κ2) is 11.1. The normalized spacial score (nSPS) is 14.3. The first-order chi connectivity index (χ1) is 12.7. The quantitative estimate of drug-likeness (QED) is 0.737. The second-order valence-corrected chi connectivity index (χ2v) is 6.73. The molecule has 2 aromatic carbocycles. The number of benzene rings is 2. The molecule has 1 aliphatic heterocycles. The van der Waals surface area contributed by atoms with Crippen LogP contribution in [0.4, 0.5) is 0 Å². The van der Waals surface area contributed by atoms with Gasteiger partial charge in [0.25, 0.3) is 5.91 Å². The van der Waals surface area contributed by atoms with E-state index in [2.05, 4.69) is 15.5 Å². The number of amides is 1. The van der Waals surface area contributed by atoms with Gasteiger partial charge in [-0.2, -0.15) is 0 Å². The highest BCUT2D eigenvalue weighted by atomic mass is 35.5. The van der Waals surface area contributed by atoms with Crippen LogP contribution in [-0.4, -0.2) is 50.1 Å². The molecule has 5 nitrogen and oxygen atoms in total. The molecule has 2 aromatic rings. The maximum Gasteiger partial charge on any atom is 0.251 e. The summed E-state index contributed by atoms with van der Waals surface area (Å²) in [7, 11) is 0. The summed E-state index contributed by atoms with van der Waals surface area (Å²) in [6.45, 7) is 6.02. The van der Waals surface area contributed by atoms with E-state index in [-0.39, 0.29) is 18.3 Å². The molecule has 1 saturated heterocycles. The van der Waals surface area contributed by atoms with E-state index in [4.69, 9.17) is 16.3 Å². The highest BCUT2D eigenvalue weighted by molar-refractivity contribution is 6.30. The molecule has 0 spiro atoms. The topological polar surface area (TPSA) is 53.6 Å². The molecule has 0 aliphatic carbocycles. The summed E-state index contributed by atoms with van der Waals surface area (Å²) in [5, 5.41) is 6.99. The van der Waals surface area contributed by atoms with Crippen molar-refractivity contribution in [2.75, 3.05) is 39.3 Å². The van der Waals surface area contributed by atoms with E-state index in [0.29, 0.717) is 29.5 Å². The lowest BCUT2D eigenvalue weighted by Gasteiger charge is -2.27. The predicted molar refractivity (Wildman–Crippen MR) is 111 cm³/mol. The van der Waals surface area contributed by atoms with Crippen LogP contribution in [-0.2, 0) is 6.61 Å². The molecule has 1 heterocycles. The summed E-state index contributed by atoms with van der Waals surface area (Å²) in [5.41, 5.74) is 1.59. The molecule has 0 saturated carbocycles. The van der Waals surface area contributed by atoms with Crippen molar-refractivity contribution < 1.29 is 9.53 Å². The number of piperazine rings is 1. The Balaban J connectivity index is 0.00000261. The molecule has 0 atom stereocenters. The zero-order valence-corrected chi connectivity index (χ0v) is 16.7. The van der Waals surface area contributed by atoms with E-state index in [1.165, 1.54) is 0 Å². The third-order valence-corrected chi connectivity index (χ3v) is 4.55. The third kappa shape index (κ3) is 7.03. The van der Waals surface area contributed by atoms with Crippen LogP contribution in [0.3, 0.4) is 0 Å². The van der Waals surface area contributed by atoms with Gasteiger partial charge in [0.05, 0.1) is 0 Å². The van der Waals surface area contributed by atoms with Crippen LogP contribution in [0.5, 0.6) is 5.75 Å². The van der Waals surface area contributed by atoms with Crippen molar-refractivity contribution >= 4 is 29.9 Å². The van der Waals surface area contributed by atoms with Crippen LogP contribution >= 0.6 is 24.0 Å². The van der Waals surface area contributed by atoms with Gasteiger partial charge in [0.1, 0.15) is 12.4 Å². The Hall–Kier alpha value is -1.79. The molecule has 0 radical (unpaired) electrons. The molecule has 0 unspecified atom stereocenters. The summed E-state index contributed by atoms with van der Waals surface area (Å²) < 4.78 is 5.78. The van der Waals surface area contributed by atoms with Crippen molar-refractivity contribution in [3.05, 3.63) is 64.7 Å². The van der Waals surface area contributed by atoms with E-state index in [0.717, 1.165) is 38.3 Å². The molecule has 1 fully saturated rings. The maximum atomic E-state index is 12.3. The fraction of sp³-hybridized carbons (Fsp3) is 0.350. The Morgan fingerprint density at radius 1 is 1.15 bits per heavy atom. The number of nitrogens with zero attached hydrogens (tertiary/aromatic N) is 1. The largest absolute Gasteiger partial charge is 0.489 e. The number of ether oxygens (including phenoxy) is 1. The number of hydrogen-bond acceptors (Lipinski definition) is 4. The van der Waals surface area contributed by atoms with Gasteiger partial charge in [0.15, 0.2) is 0 Å². The number of halogens is 2. The molecular weight excluding hydrogens is 385 g/mol. The van der Waals surface area contributed by atoms with E-state index in [1.54, 1.807) is 12.1 Å². The lowest BCUT2D eigenvalue weighted by atomic mass is 10.2. The molecule has 7 heteroatoms. The lowest BCUT2D eigenvalue weighted by molar-refractivity contribution is 0.0947. The Labute approximate surface area is 171 Å². The van der Waals surface area contributed by atoms with Gasteiger partial charge in [0, 0.05) is 49.9 Å². The van der Waals surface area contributed by atoms with Gasteiger partial charge in [-0.3, -0.25) is 9.69 Å². The molecular formula is C20H25Cl2N3O2. The summed E-state index contributed by atoms with van der Waals surface area (Å²) in [6.07, 6.45) is 0. The van der Waals surface area contributed by atoms with Gasteiger partial charge in [-0.05, 0) is 35.9 Å². The SMILES string of the molecule is Cl.O=C(NCCN1CCNCC1)c1cccc(OCc2cccc(Cl)c2)c1. The Morgan fingerprint density at radius 3 is 2.70 bits per heavy atom. The third-order valence-electron chi connectivity index (χ3n) is 4.31. The van der Waals surface area contributed by atoms with Crippen molar-refractivity contribution in [1.82, 2.24) is 15.5 Å². The first-order valence-electron chi connectivity index (χ1n) is 8.89. The first-order valence-corrected chi connectivity index (χ1v) is 9.27. The molecule has 1 amide bonds. The van der Waals surface area contributed by atoms with Crippen LogP contribution in [0.15, 0.2) is 48.5 Å². The number of carbonyl (C=O) groups is 1. The smallest absolute Gasteiger partial charge is 0.251 e.